The topological polar surface area (TPSA) is 81.0 Å². The first-order chi connectivity index (χ1) is 9.65. The van der Waals surface area contributed by atoms with Gasteiger partial charge in [-0.15, -0.1) is 0 Å². The largest absolute Gasteiger partial charge is 0.468 e. The predicted octanol–water partition coefficient (Wildman–Crippen LogP) is 1.68. The molecular weight excluding hydrogens is 254 g/mol. The smallest absolute Gasteiger partial charge is 0.323 e. The number of aromatic nitrogens is 2. The zero-order chi connectivity index (χ0) is 14.5. The Bertz CT molecular complexity index is 575. The molecule has 2 aromatic rings. The third-order valence-electron chi connectivity index (χ3n) is 3.32. The zero-order valence-electron chi connectivity index (χ0n) is 11.7. The summed E-state index contributed by atoms with van der Waals surface area (Å²) in [4.78, 5) is 11.4. The van der Waals surface area contributed by atoms with Gasteiger partial charge in [-0.3, -0.25) is 9.89 Å². The molecule has 0 spiro atoms. The summed E-state index contributed by atoms with van der Waals surface area (Å²) in [6.45, 7) is 2.12. The maximum absolute atomic E-state index is 11.4. The number of nitrogens with one attached hydrogen (secondary N) is 1. The molecule has 0 radical (unpaired) electrons. The van der Waals surface area contributed by atoms with Crippen LogP contribution >= 0.6 is 0 Å². The molecule has 3 N–H and O–H groups in total. The van der Waals surface area contributed by atoms with Crippen LogP contribution in [0.3, 0.4) is 0 Å². The zero-order valence-corrected chi connectivity index (χ0v) is 11.7. The van der Waals surface area contributed by atoms with Crippen molar-refractivity contribution in [3.8, 4) is 11.1 Å². The number of ether oxygens (including phenoxy) is 1. The second-order valence-electron chi connectivity index (χ2n) is 4.65. The number of nitrogens with two attached hydrogens (primary N) is 1. The lowest BCUT2D eigenvalue weighted by Crippen LogP contribution is -2.33. The first kappa shape index (κ1) is 14.3. The number of carbonyl (C=O) groups excluding carboxylic acids is 1. The number of aryl methyl sites for hydroxylation is 1. The van der Waals surface area contributed by atoms with E-state index in [9.17, 15) is 4.79 Å². The molecule has 1 heterocycles. The summed E-state index contributed by atoms with van der Waals surface area (Å²) < 4.78 is 4.64. The number of esters is 1. The van der Waals surface area contributed by atoms with Crippen LogP contribution in [-0.2, 0) is 22.4 Å². The van der Waals surface area contributed by atoms with Gasteiger partial charge in [0.15, 0.2) is 0 Å². The summed E-state index contributed by atoms with van der Waals surface area (Å²) in [5.74, 6) is -0.424. The monoisotopic (exact) mass is 273 g/mol. The summed E-state index contributed by atoms with van der Waals surface area (Å²) in [5, 5.41) is 6.95. The van der Waals surface area contributed by atoms with E-state index in [0.29, 0.717) is 6.42 Å². The van der Waals surface area contributed by atoms with Crippen molar-refractivity contribution in [2.24, 2.45) is 5.73 Å². The van der Waals surface area contributed by atoms with Gasteiger partial charge in [0.1, 0.15) is 6.04 Å². The summed E-state index contributed by atoms with van der Waals surface area (Å²) in [5.41, 5.74) is 9.93. The van der Waals surface area contributed by atoms with Crippen molar-refractivity contribution in [3.63, 3.8) is 0 Å². The van der Waals surface area contributed by atoms with Crippen molar-refractivity contribution in [1.82, 2.24) is 10.2 Å². The van der Waals surface area contributed by atoms with Crippen molar-refractivity contribution in [3.05, 3.63) is 41.7 Å². The number of rotatable bonds is 5. The van der Waals surface area contributed by atoms with Gasteiger partial charge in [0.05, 0.1) is 13.3 Å². The average molecular weight is 273 g/mol. The van der Waals surface area contributed by atoms with Gasteiger partial charge in [0.25, 0.3) is 0 Å². The Morgan fingerprint density at radius 1 is 1.40 bits per heavy atom. The summed E-state index contributed by atoms with van der Waals surface area (Å²) >= 11 is 0. The van der Waals surface area contributed by atoms with E-state index in [1.165, 1.54) is 12.7 Å². The summed E-state index contributed by atoms with van der Waals surface area (Å²) in [6.07, 6.45) is 3.13. The maximum atomic E-state index is 11.4. The van der Waals surface area contributed by atoms with Crippen LogP contribution in [0.5, 0.6) is 0 Å². The first-order valence-electron chi connectivity index (χ1n) is 6.60. The van der Waals surface area contributed by atoms with Gasteiger partial charge in [-0.05, 0) is 17.5 Å². The molecule has 5 nitrogen and oxygen atoms in total. The number of carbonyl (C=O) groups is 1. The van der Waals surface area contributed by atoms with Crippen LogP contribution in [0.1, 0.15) is 18.2 Å². The predicted molar refractivity (Wildman–Crippen MR) is 77.1 cm³/mol. The van der Waals surface area contributed by atoms with Gasteiger partial charge in [0, 0.05) is 17.7 Å². The van der Waals surface area contributed by atoms with Gasteiger partial charge in [-0.2, -0.15) is 5.10 Å². The molecule has 1 aromatic carbocycles. The molecule has 0 fully saturated rings. The molecule has 0 saturated carbocycles. The Kier molecular flexibility index (Phi) is 4.53. The highest BCUT2D eigenvalue weighted by molar-refractivity contribution is 5.76. The highest BCUT2D eigenvalue weighted by Crippen LogP contribution is 2.23. The SMILES string of the molecule is CCc1ccc(-c2cn[nH]c2CC(N)C(=O)OC)cc1. The van der Waals surface area contributed by atoms with E-state index in [1.54, 1.807) is 6.20 Å². The highest BCUT2D eigenvalue weighted by Gasteiger charge is 2.18. The number of hydrogen-bond acceptors (Lipinski definition) is 4. The Hall–Kier alpha value is -2.14. The normalized spacial score (nSPS) is 12.2. The Labute approximate surface area is 118 Å². The van der Waals surface area contributed by atoms with Crippen LogP contribution in [-0.4, -0.2) is 29.3 Å². The molecule has 5 heteroatoms. The van der Waals surface area contributed by atoms with Crippen LogP contribution in [0.4, 0.5) is 0 Å². The minimum absolute atomic E-state index is 0.373. The molecule has 106 valence electrons. The third-order valence-corrected chi connectivity index (χ3v) is 3.32. The van der Waals surface area contributed by atoms with Crippen LogP contribution in [0.25, 0.3) is 11.1 Å². The van der Waals surface area contributed by atoms with E-state index in [4.69, 9.17) is 5.73 Å². The van der Waals surface area contributed by atoms with Crippen LogP contribution < -0.4 is 5.73 Å². The average Bonchev–Trinajstić information content (AvgIpc) is 2.94. The van der Waals surface area contributed by atoms with Crippen LogP contribution in [0.2, 0.25) is 0 Å². The number of methoxy groups -OCH3 is 1. The Morgan fingerprint density at radius 3 is 2.70 bits per heavy atom. The van der Waals surface area contributed by atoms with Crippen LogP contribution in [0.15, 0.2) is 30.5 Å². The molecule has 0 bridgehead atoms. The Morgan fingerprint density at radius 2 is 2.10 bits per heavy atom. The number of hydrogen-bond donors (Lipinski definition) is 2. The number of H-pyrrole nitrogens is 1. The molecule has 0 aliphatic rings. The lowest BCUT2D eigenvalue weighted by atomic mass is 10.0. The van der Waals surface area contributed by atoms with E-state index in [-0.39, 0.29) is 0 Å². The lowest BCUT2D eigenvalue weighted by molar-refractivity contribution is -0.142. The van der Waals surface area contributed by atoms with E-state index in [1.807, 2.05) is 0 Å². The van der Waals surface area contributed by atoms with Gasteiger partial charge in [-0.1, -0.05) is 31.2 Å². The fraction of sp³-hybridized carbons (Fsp3) is 0.333. The van der Waals surface area contributed by atoms with Gasteiger partial charge < -0.3 is 10.5 Å². The summed E-state index contributed by atoms with van der Waals surface area (Å²) in [7, 11) is 1.33. The van der Waals surface area contributed by atoms with Gasteiger partial charge in [-0.25, -0.2) is 0 Å². The third kappa shape index (κ3) is 3.05. The fourth-order valence-electron chi connectivity index (χ4n) is 2.09. The lowest BCUT2D eigenvalue weighted by Gasteiger charge is -2.09. The number of nitrogens with zero attached hydrogens (tertiary/aromatic N) is 1. The van der Waals surface area contributed by atoms with Gasteiger partial charge >= 0.3 is 5.97 Å². The van der Waals surface area contributed by atoms with Crippen molar-refractivity contribution in [2.45, 2.75) is 25.8 Å². The molecule has 0 aliphatic heterocycles. The molecule has 1 aromatic heterocycles. The number of aromatic amines is 1. The van der Waals surface area contributed by atoms with Crippen molar-refractivity contribution >= 4 is 5.97 Å². The molecule has 20 heavy (non-hydrogen) atoms. The second-order valence-corrected chi connectivity index (χ2v) is 4.65. The minimum atomic E-state index is -0.686. The molecule has 0 amide bonds. The molecule has 1 unspecified atom stereocenters. The first-order valence-corrected chi connectivity index (χ1v) is 6.60. The minimum Gasteiger partial charge on any atom is -0.468 e. The highest BCUT2D eigenvalue weighted by atomic mass is 16.5. The van der Waals surface area contributed by atoms with Gasteiger partial charge in [0.2, 0.25) is 0 Å². The second kappa shape index (κ2) is 6.34. The van der Waals surface area contributed by atoms with E-state index in [0.717, 1.165) is 23.2 Å². The van der Waals surface area contributed by atoms with Crippen LogP contribution in [0, 0.1) is 0 Å². The number of benzene rings is 1. The molecule has 0 saturated heterocycles. The van der Waals surface area contributed by atoms with Crippen molar-refractivity contribution in [2.75, 3.05) is 7.11 Å². The molecule has 1 atom stereocenters. The maximum Gasteiger partial charge on any atom is 0.323 e. The standard InChI is InChI=1S/C15H19N3O2/c1-3-10-4-6-11(7-5-10)12-9-17-18-14(12)8-13(16)15(19)20-2/h4-7,9,13H,3,8,16H2,1-2H3,(H,17,18). The summed E-state index contributed by atoms with van der Waals surface area (Å²) in [6, 6.07) is 7.60. The van der Waals surface area contributed by atoms with E-state index < -0.39 is 12.0 Å². The van der Waals surface area contributed by atoms with Crippen molar-refractivity contribution in [1.29, 1.82) is 0 Å². The fourth-order valence-corrected chi connectivity index (χ4v) is 2.09. The van der Waals surface area contributed by atoms with E-state index >= 15 is 0 Å². The van der Waals surface area contributed by atoms with E-state index in [2.05, 4.69) is 46.1 Å². The quantitative estimate of drug-likeness (QED) is 0.812. The molecule has 0 aliphatic carbocycles. The van der Waals surface area contributed by atoms with Crippen molar-refractivity contribution < 1.29 is 9.53 Å². The molecule has 2 rings (SSSR count). The Balaban J connectivity index is 2.21. The molecular formula is C15H19N3O2.